The molecule has 11 atom stereocenters. The Kier molecular flexibility index (Phi) is 16.0. The zero-order chi connectivity index (χ0) is 44.1. The predicted octanol–water partition coefficient (Wildman–Crippen LogP) is 7.12. The number of carbonyl (C=O) groups is 1. The molecule has 8 rings (SSSR count). The van der Waals surface area contributed by atoms with Crippen molar-refractivity contribution in [2.24, 2.45) is 0 Å². The highest BCUT2D eigenvalue weighted by Gasteiger charge is 2.56. The second-order valence-electron chi connectivity index (χ2n) is 15.5. The highest BCUT2D eigenvalue weighted by atomic mass is 16.8. The van der Waals surface area contributed by atoms with Crippen LogP contribution in [-0.2, 0) is 67.2 Å². The zero-order valence-electron chi connectivity index (χ0n) is 35.6. The van der Waals surface area contributed by atoms with Crippen LogP contribution in [0.2, 0.25) is 0 Å². The van der Waals surface area contributed by atoms with Crippen molar-refractivity contribution >= 4 is 5.97 Å². The number of fused-ring (bicyclic) bond motifs is 1. The second-order valence-corrected chi connectivity index (χ2v) is 15.5. The van der Waals surface area contributed by atoms with E-state index < -0.39 is 80.3 Å². The molecule has 0 radical (unpaired) electrons. The standard InChI is InChI=1S/C51H54O13/c1-3-28-55-44-43-41(33-59-49(63-43)38-22-14-7-15-23-38)61-51(46(44)57-31-36-24-26-39(54-2)27-25-36)64-42-40(29-52)60-50(58-32-35-18-10-5-11-19-35)47(62-48(53)37-20-12-6-13-21-37)45(42)56-30-34-16-8-4-9-17-34/h3-27,40-47,49-52H,1,28-33H2,2H3/t40-,41-,42-,43+,44+,45+,46-,47-,49+,50-,51+/m1/s1. The zero-order valence-corrected chi connectivity index (χ0v) is 35.6. The number of benzene rings is 5. The van der Waals surface area contributed by atoms with Crippen LogP contribution in [0.1, 0.15) is 38.9 Å². The van der Waals surface area contributed by atoms with Gasteiger partial charge in [0.25, 0.3) is 0 Å². The second kappa shape index (κ2) is 22.6. The van der Waals surface area contributed by atoms with Gasteiger partial charge in [0.1, 0.15) is 48.5 Å². The summed E-state index contributed by atoms with van der Waals surface area (Å²) in [5.74, 6) is 0.0721. The molecule has 3 heterocycles. The molecule has 336 valence electrons. The molecule has 3 fully saturated rings. The Morgan fingerprint density at radius 1 is 0.641 bits per heavy atom. The van der Waals surface area contributed by atoms with Crippen LogP contribution in [0, 0.1) is 0 Å². The van der Waals surface area contributed by atoms with Crippen LogP contribution in [0.15, 0.2) is 158 Å². The summed E-state index contributed by atoms with van der Waals surface area (Å²) in [6.07, 6.45) is -8.98. The summed E-state index contributed by atoms with van der Waals surface area (Å²) in [4.78, 5) is 14.0. The number of hydrogen-bond donors (Lipinski definition) is 1. The lowest BCUT2D eigenvalue weighted by atomic mass is 9.95. The Morgan fingerprint density at radius 3 is 1.86 bits per heavy atom. The molecule has 0 saturated carbocycles. The lowest BCUT2D eigenvalue weighted by Crippen LogP contribution is -2.67. The highest BCUT2D eigenvalue weighted by Crippen LogP contribution is 2.39. The topological polar surface area (TPSA) is 139 Å². The van der Waals surface area contributed by atoms with Crippen LogP contribution in [-0.4, -0.2) is 99.4 Å². The first-order valence-electron chi connectivity index (χ1n) is 21.4. The fourth-order valence-corrected chi connectivity index (χ4v) is 7.97. The molecule has 3 saturated heterocycles. The smallest absolute Gasteiger partial charge is 0.338 e. The lowest BCUT2D eigenvalue weighted by molar-refractivity contribution is -0.394. The van der Waals surface area contributed by atoms with Crippen molar-refractivity contribution in [1.29, 1.82) is 0 Å². The van der Waals surface area contributed by atoms with Gasteiger partial charge in [-0.15, -0.1) is 6.58 Å². The van der Waals surface area contributed by atoms with Crippen molar-refractivity contribution < 1.29 is 62.0 Å². The average molecular weight is 875 g/mol. The van der Waals surface area contributed by atoms with Gasteiger partial charge in [-0.1, -0.05) is 127 Å². The minimum absolute atomic E-state index is 0.0928. The molecule has 5 aromatic rings. The van der Waals surface area contributed by atoms with E-state index in [0.29, 0.717) is 11.3 Å². The number of ether oxygens (including phenoxy) is 11. The number of hydrogen-bond acceptors (Lipinski definition) is 13. The molecule has 0 unspecified atom stereocenters. The summed E-state index contributed by atoms with van der Waals surface area (Å²) in [6.45, 7) is 4.03. The molecule has 0 aromatic heterocycles. The van der Waals surface area contributed by atoms with Gasteiger partial charge in [0.05, 0.1) is 52.3 Å². The number of aliphatic hydroxyl groups is 1. The van der Waals surface area contributed by atoms with Crippen LogP contribution in [0.3, 0.4) is 0 Å². The molecule has 1 N–H and O–H groups in total. The summed E-state index contributed by atoms with van der Waals surface area (Å²) in [7, 11) is 1.61. The molecule has 0 aliphatic carbocycles. The number of methoxy groups -OCH3 is 1. The van der Waals surface area contributed by atoms with E-state index in [1.165, 1.54) is 0 Å². The van der Waals surface area contributed by atoms with Gasteiger partial charge in [-0.05, 0) is 41.0 Å². The molecule has 5 aromatic carbocycles. The van der Waals surface area contributed by atoms with Crippen LogP contribution in [0.25, 0.3) is 0 Å². The monoisotopic (exact) mass is 874 g/mol. The van der Waals surface area contributed by atoms with E-state index in [0.717, 1.165) is 22.3 Å². The Labute approximate surface area is 373 Å². The van der Waals surface area contributed by atoms with E-state index in [9.17, 15) is 9.90 Å². The maximum Gasteiger partial charge on any atom is 0.338 e. The quantitative estimate of drug-likeness (QED) is 0.0667. The van der Waals surface area contributed by atoms with Gasteiger partial charge in [0.15, 0.2) is 25.0 Å². The molecule has 13 nitrogen and oxygen atoms in total. The molecule has 0 bridgehead atoms. The van der Waals surface area contributed by atoms with Crippen molar-refractivity contribution in [2.45, 2.75) is 87.5 Å². The van der Waals surface area contributed by atoms with Gasteiger partial charge >= 0.3 is 5.97 Å². The first-order chi connectivity index (χ1) is 31.5. The molecule has 0 spiro atoms. The molecular weight excluding hydrogens is 821 g/mol. The predicted molar refractivity (Wildman–Crippen MR) is 233 cm³/mol. The van der Waals surface area contributed by atoms with E-state index in [2.05, 4.69) is 6.58 Å². The van der Waals surface area contributed by atoms with Gasteiger partial charge in [0, 0.05) is 5.56 Å². The molecule has 13 heteroatoms. The van der Waals surface area contributed by atoms with E-state index in [1.807, 2.05) is 121 Å². The number of aliphatic hydroxyl groups excluding tert-OH is 1. The minimum Gasteiger partial charge on any atom is -0.497 e. The third kappa shape index (κ3) is 11.3. The minimum atomic E-state index is -1.20. The molecular formula is C51H54O13. The third-order valence-corrected chi connectivity index (χ3v) is 11.2. The molecule has 3 aliphatic rings. The van der Waals surface area contributed by atoms with Crippen LogP contribution in [0.5, 0.6) is 5.75 Å². The van der Waals surface area contributed by atoms with Crippen molar-refractivity contribution in [1.82, 2.24) is 0 Å². The first-order valence-corrected chi connectivity index (χ1v) is 21.4. The van der Waals surface area contributed by atoms with Crippen LogP contribution < -0.4 is 4.74 Å². The maximum absolute atomic E-state index is 14.0. The number of carbonyl (C=O) groups excluding carboxylic acids is 1. The Bertz CT molecular complexity index is 2160. The summed E-state index contributed by atoms with van der Waals surface area (Å²) < 4.78 is 71.4. The maximum atomic E-state index is 14.0. The van der Waals surface area contributed by atoms with Crippen molar-refractivity contribution in [3.8, 4) is 5.75 Å². The Morgan fingerprint density at radius 2 is 1.23 bits per heavy atom. The molecule has 64 heavy (non-hydrogen) atoms. The fourth-order valence-electron chi connectivity index (χ4n) is 7.97. The van der Waals surface area contributed by atoms with Crippen LogP contribution >= 0.6 is 0 Å². The summed E-state index contributed by atoms with van der Waals surface area (Å²) in [6, 6.07) is 44.9. The number of rotatable bonds is 19. The first kappa shape index (κ1) is 45.3. The summed E-state index contributed by atoms with van der Waals surface area (Å²) >= 11 is 0. The SMILES string of the molecule is C=CCO[C@H]1[C@H]2O[C@@H](c3ccccc3)OC[C@H]2O[C@@H](O[C@H]2[C@H](OCc3ccccc3)[C@@H](OC(=O)c3ccccc3)[C@H](OCc3ccccc3)O[C@@H]2CO)[C@@H]1OCc1ccc(OC)cc1. The van der Waals surface area contributed by atoms with Gasteiger partial charge in [-0.25, -0.2) is 4.79 Å². The van der Waals surface area contributed by atoms with E-state index >= 15 is 0 Å². The van der Waals surface area contributed by atoms with Crippen molar-refractivity contribution in [2.75, 3.05) is 26.9 Å². The largest absolute Gasteiger partial charge is 0.497 e. The van der Waals surface area contributed by atoms with Crippen LogP contribution in [0.4, 0.5) is 0 Å². The Hall–Kier alpha value is -5.29. The third-order valence-electron chi connectivity index (χ3n) is 11.2. The summed E-state index contributed by atoms with van der Waals surface area (Å²) in [5, 5.41) is 11.1. The van der Waals surface area contributed by atoms with Gasteiger partial charge in [0.2, 0.25) is 0 Å². The van der Waals surface area contributed by atoms with E-state index in [1.54, 1.807) is 37.5 Å². The van der Waals surface area contributed by atoms with Gasteiger partial charge < -0.3 is 57.2 Å². The van der Waals surface area contributed by atoms with Gasteiger partial charge in [-0.3, -0.25) is 0 Å². The van der Waals surface area contributed by atoms with Crippen molar-refractivity contribution in [3.05, 3.63) is 186 Å². The van der Waals surface area contributed by atoms with E-state index in [4.69, 9.17) is 52.1 Å². The normalized spacial score (nSPS) is 27.8. The van der Waals surface area contributed by atoms with E-state index in [-0.39, 0.29) is 33.0 Å². The molecule has 3 aliphatic heterocycles. The highest BCUT2D eigenvalue weighted by molar-refractivity contribution is 5.89. The Balaban J connectivity index is 1.15. The summed E-state index contributed by atoms with van der Waals surface area (Å²) in [5.41, 5.74) is 3.71. The molecule has 0 amide bonds. The number of esters is 1. The van der Waals surface area contributed by atoms with Gasteiger partial charge in [-0.2, -0.15) is 0 Å². The lowest BCUT2D eigenvalue weighted by Gasteiger charge is -2.51. The fraction of sp³-hybridized carbons (Fsp3) is 0.353. The average Bonchev–Trinajstić information content (AvgIpc) is 3.35. The van der Waals surface area contributed by atoms with Crippen molar-refractivity contribution in [3.63, 3.8) is 0 Å².